The summed E-state index contributed by atoms with van der Waals surface area (Å²) in [6.07, 6.45) is 5.06. The summed E-state index contributed by atoms with van der Waals surface area (Å²) in [5.41, 5.74) is 2.34. The van der Waals surface area contributed by atoms with Crippen molar-refractivity contribution in [3.8, 4) is 11.3 Å². The van der Waals surface area contributed by atoms with E-state index < -0.39 is 10.0 Å². The molecule has 0 bridgehead atoms. The Morgan fingerprint density at radius 2 is 1.75 bits per heavy atom. The summed E-state index contributed by atoms with van der Waals surface area (Å²) in [5, 5.41) is 0. The molecule has 5 nitrogen and oxygen atoms in total. The van der Waals surface area contributed by atoms with Crippen LogP contribution in [0.2, 0.25) is 0 Å². The number of rotatable bonds is 5. The Morgan fingerprint density at radius 1 is 1.00 bits per heavy atom. The standard InChI is InChI=1S/C17H14BrN3O2S/c18-15-5-7-16(8-6-15)24(22,23)21-12-14-4-2-10-20-17(14)13-3-1-9-19-11-13/h1-11,21H,12H2. The first-order valence-corrected chi connectivity index (χ1v) is 9.43. The van der Waals surface area contributed by atoms with Crippen molar-refractivity contribution >= 4 is 26.0 Å². The van der Waals surface area contributed by atoms with Crippen molar-refractivity contribution in [3.63, 3.8) is 0 Å². The highest BCUT2D eigenvalue weighted by Crippen LogP contribution is 2.21. The highest BCUT2D eigenvalue weighted by molar-refractivity contribution is 9.10. The average Bonchev–Trinajstić information content (AvgIpc) is 2.61. The second kappa shape index (κ2) is 7.21. The van der Waals surface area contributed by atoms with Gasteiger partial charge in [0.2, 0.25) is 10.0 Å². The van der Waals surface area contributed by atoms with Crippen LogP contribution in [0.5, 0.6) is 0 Å². The van der Waals surface area contributed by atoms with Gasteiger partial charge < -0.3 is 0 Å². The minimum Gasteiger partial charge on any atom is -0.264 e. The lowest BCUT2D eigenvalue weighted by Crippen LogP contribution is -2.23. The molecule has 0 saturated carbocycles. The lowest BCUT2D eigenvalue weighted by Gasteiger charge is -2.10. The summed E-state index contributed by atoms with van der Waals surface area (Å²) in [6, 6.07) is 13.8. The Kier molecular flexibility index (Phi) is 5.03. The largest absolute Gasteiger partial charge is 0.264 e. The maximum atomic E-state index is 12.4. The van der Waals surface area contributed by atoms with Crippen molar-refractivity contribution in [1.82, 2.24) is 14.7 Å². The second-order valence-corrected chi connectivity index (χ2v) is 7.71. The van der Waals surface area contributed by atoms with E-state index in [0.717, 1.165) is 15.6 Å². The van der Waals surface area contributed by atoms with Gasteiger partial charge in [-0.25, -0.2) is 13.1 Å². The summed E-state index contributed by atoms with van der Waals surface area (Å²) < 4.78 is 28.3. The molecule has 0 spiro atoms. The smallest absolute Gasteiger partial charge is 0.240 e. The monoisotopic (exact) mass is 403 g/mol. The number of nitrogens with one attached hydrogen (secondary N) is 1. The summed E-state index contributed by atoms with van der Waals surface area (Å²) in [7, 11) is -3.59. The van der Waals surface area contributed by atoms with Crippen molar-refractivity contribution in [2.75, 3.05) is 0 Å². The number of hydrogen-bond acceptors (Lipinski definition) is 4. The minimum atomic E-state index is -3.59. The molecule has 0 aliphatic heterocycles. The highest BCUT2D eigenvalue weighted by atomic mass is 79.9. The van der Waals surface area contributed by atoms with E-state index >= 15 is 0 Å². The summed E-state index contributed by atoms with van der Waals surface area (Å²) in [6.45, 7) is 0.149. The van der Waals surface area contributed by atoms with Gasteiger partial charge in [-0.15, -0.1) is 0 Å². The van der Waals surface area contributed by atoms with Gasteiger partial charge in [0.15, 0.2) is 0 Å². The minimum absolute atomic E-state index is 0.149. The fourth-order valence-electron chi connectivity index (χ4n) is 2.21. The van der Waals surface area contributed by atoms with E-state index in [9.17, 15) is 8.42 Å². The highest BCUT2D eigenvalue weighted by Gasteiger charge is 2.15. The molecule has 0 amide bonds. The Morgan fingerprint density at radius 3 is 2.46 bits per heavy atom. The zero-order valence-electron chi connectivity index (χ0n) is 12.6. The van der Waals surface area contributed by atoms with Gasteiger partial charge in [0.1, 0.15) is 0 Å². The van der Waals surface area contributed by atoms with Crippen LogP contribution in [0.15, 0.2) is 76.5 Å². The number of pyridine rings is 2. The van der Waals surface area contributed by atoms with E-state index in [-0.39, 0.29) is 11.4 Å². The van der Waals surface area contributed by atoms with Gasteiger partial charge >= 0.3 is 0 Å². The Balaban J connectivity index is 1.84. The third-order valence-electron chi connectivity index (χ3n) is 3.40. The second-order valence-electron chi connectivity index (χ2n) is 5.03. The SMILES string of the molecule is O=S(=O)(NCc1cccnc1-c1cccnc1)c1ccc(Br)cc1. The zero-order valence-corrected chi connectivity index (χ0v) is 15.0. The molecular formula is C17H14BrN3O2S. The summed E-state index contributed by atoms with van der Waals surface area (Å²) in [4.78, 5) is 8.66. The fourth-order valence-corrected chi connectivity index (χ4v) is 3.48. The van der Waals surface area contributed by atoms with Crippen molar-refractivity contribution in [2.45, 2.75) is 11.4 Å². The van der Waals surface area contributed by atoms with E-state index in [4.69, 9.17) is 0 Å². The predicted molar refractivity (Wildman–Crippen MR) is 95.6 cm³/mol. The maximum Gasteiger partial charge on any atom is 0.240 e. The third-order valence-corrected chi connectivity index (χ3v) is 5.35. The van der Waals surface area contributed by atoms with Crippen LogP contribution in [-0.2, 0) is 16.6 Å². The lowest BCUT2D eigenvalue weighted by molar-refractivity contribution is 0.581. The molecule has 0 fully saturated rings. The first-order valence-electron chi connectivity index (χ1n) is 7.16. The molecule has 24 heavy (non-hydrogen) atoms. The molecule has 122 valence electrons. The van der Waals surface area contributed by atoms with E-state index in [2.05, 4.69) is 30.6 Å². The lowest BCUT2D eigenvalue weighted by atomic mass is 10.1. The number of halogens is 1. The number of benzene rings is 1. The molecule has 0 radical (unpaired) electrons. The van der Waals surface area contributed by atoms with Gasteiger partial charge in [0.25, 0.3) is 0 Å². The third kappa shape index (κ3) is 3.87. The molecule has 3 rings (SSSR count). The molecule has 0 atom stereocenters. The molecule has 2 aromatic heterocycles. The van der Waals surface area contributed by atoms with Gasteiger partial charge in [-0.2, -0.15) is 0 Å². The fraction of sp³-hybridized carbons (Fsp3) is 0.0588. The van der Waals surface area contributed by atoms with Crippen LogP contribution in [-0.4, -0.2) is 18.4 Å². The molecule has 0 unspecified atom stereocenters. The van der Waals surface area contributed by atoms with E-state index in [0.29, 0.717) is 5.69 Å². The molecule has 7 heteroatoms. The maximum absolute atomic E-state index is 12.4. The van der Waals surface area contributed by atoms with Crippen molar-refractivity contribution in [1.29, 1.82) is 0 Å². The van der Waals surface area contributed by atoms with E-state index in [1.807, 2.05) is 18.2 Å². The van der Waals surface area contributed by atoms with Crippen molar-refractivity contribution < 1.29 is 8.42 Å². The van der Waals surface area contributed by atoms with Gasteiger partial charge in [0.05, 0.1) is 10.6 Å². The Bertz CT molecular complexity index is 930. The predicted octanol–water partition coefficient (Wildman–Crippen LogP) is 3.38. The average molecular weight is 404 g/mol. The normalized spacial score (nSPS) is 11.4. The van der Waals surface area contributed by atoms with Crippen LogP contribution < -0.4 is 4.72 Å². The van der Waals surface area contributed by atoms with Crippen LogP contribution in [0.3, 0.4) is 0 Å². The van der Waals surface area contributed by atoms with Gasteiger partial charge in [-0.05, 0) is 48.0 Å². The van der Waals surface area contributed by atoms with Crippen molar-refractivity contribution in [2.24, 2.45) is 0 Å². The molecule has 0 aliphatic carbocycles. The van der Waals surface area contributed by atoms with E-state index in [1.54, 1.807) is 48.9 Å². The quantitative estimate of drug-likeness (QED) is 0.708. The van der Waals surface area contributed by atoms with Crippen LogP contribution in [0.1, 0.15) is 5.56 Å². The van der Waals surface area contributed by atoms with Gasteiger partial charge in [-0.1, -0.05) is 22.0 Å². The Hall–Kier alpha value is -2.09. The summed E-state index contributed by atoms with van der Waals surface area (Å²) >= 11 is 3.29. The topological polar surface area (TPSA) is 72.0 Å². The van der Waals surface area contributed by atoms with Crippen LogP contribution in [0, 0.1) is 0 Å². The number of hydrogen-bond donors (Lipinski definition) is 1. The molecule has 1 N–H and O–H groups in total. The Labute approximate surface area is 149 Å². The van der Waals surface area contributed by atoms with Gasteiger partial charge in [0, 0.05) is 35.2 Å². The van der Waals surface area contributed by atoms with Crippen molar-refractivity contribution in [3.05, 3.63) is 77.2 Å². The number of aromatic nitrogens is 2. The first-order chi connectivity index (χ1) is 11.6. The zero-order chi connectivity index (χ0) is 17.0. The molecule has 0 saturated heterocycles. The van der Waals surface area contributed by atoms with Crippen LogP contribution >= 0.6 is 15.9 Å². The van der Waals surface area contributed by atoms with E-state index in [1.165, 1.54) is 0 Å². The van der Waals surface area contributed by atoms with Crippen LogP contribution in [0.25, 0.3) is 11.3 Å². The molecule has 2 heterocycles. The molecule has 3 aromatic rings. The summed E-state index contributed by atoms with van der Waals surface area (Å²) in [5.74, 6) is 0. The molecule has 1 aromatic carbocycles. The van der Waals surface area contributed by atoms with Crippen LogP contribution in [0.4, 0.5) is 0 Å². The number of nitrogens with zero attached hydrogens (tertiary/aromatic N) is 2. The molecular weight excluding hydrogens is 390 g/mol. The molecule has 0 aliphatic rings. The first kappa shape index (κ1) is 16.8. The number of sulfonamides is 1. The van der Waals surface area contributed by atoms with Gasteiger partial charge in [-0.3, -0.25) is 9.97 Å².